The van der Waals surface area contributed by atoms with Crippen LogP contribution in [0.1, 0.15) is 19.4 Å². The van der Waals surface area contributed by atoms with Crippen molar-refractivity contribution in [2.45, 2.75) is 13.8 Å². The van der Waals surface area contributed by atoms with Gasteiger partial charge in [-0.1, -0.05) is 32.0 Å². The molecule has 4 nitrogen and oxygen atoms in total. The predicted octanol–water partition coefficient (Wildman–Crippen LogP) is 1.90. The van der Waals surface area contributed by atoms with Crippen LogP contribution in [0.3, 0.4) is 0 Å². The molecule has 1 aromatic rings. The second-order valence-corrected chi connectivity index (χ2v) is 3.81. The summed E-state index contributed by atoms with van der Waals surface area (Å²) in [7, 11) is 0. The highest BCUT2D eigenvalue weighted by molar-refractivity contribution is 6.40. The smallest absolute Gasteiger partial charge is 0.422 e. The van der Waals surface area contributed by atoms with Crippen molar-refractivity contribution >= 4 is 11.7 Å². The summed E-state index contributed by atoms with van der Waals surface area (Å²) in [6.45, 7) is 4.18. The Morgan fingerprint density at radius 1 is 1.38 bits per heavy atom. The number of nitrogens with zero attached hydrogens (tertiary/aromatic N) is 2. The van der Waals surface area contributed by atoms with Crippen LogP contribution in [0.15, 0.2) is 30.3 Å². The Kier molecular flexibility index (Phi) is 4.42. The lowest BCUT2D eigenvalue weighted by Crippen LogP contribution is -2.21. The molecule has 16 heavy (non-hydrogen) atoms. The Labute approximate surface area is 94.5 Å². The molecule has 84 valence electrons. The number of carbonyl (C=O) groups is 1. The van der Waals surface area contributed by atoms with Gasteiger partial charge in [-0.15, -0.1) is 0 Å². The van der Waals surface area contributed by atoms with Gasteiger partial charge in [0.15, 0.2) is 0 Å². The molecule has 0 bridgehead atoms. The molecule has 0 heterocycles. The average molecular weight is 218 g/mol. The standard InChI is InChI=1S/C12H14N2O2/c1-9(2)8-16-12(15)11(14-13)10-6-4-3-5-7-10/h3-7,9H,8H2,1-2H3. The topological polar surface area (TPSA) is 62.7 Å². The maximum absolute atomic E-state index is 11.6. The molecule has 0 aromatic heterocycles. The zero-order valence-electron chi connectivity index (χ0n) is 9.38. The quantitative estimate of drug-likeness (QED) is 0.335. The first-order chi connectivity index (χ1) is 7.65. The van der Waals surface area contributed by atoms with Gasteiger partial charge in [-0.2, -0.15) is 4.79 Å². The van der Waals surface area contributed by atoms with Gasteiger partial charge in [0, 0.05) is 0 Å². The summed E-state index contributed by atoms with van der Waals surface area (Å²) in [5, 5.41) is 0. The van der Waals surface area contributed by atoms with E-state index in [-0.39, 0.29) is 11.6 Å². The van der Waals surface area contributed by atoms with Crippen molar-refractivity contribution in [3.05, 3.63) is 41.4 Å². The number of rotatable bonds is 4. The second-order valence-electron chi connectivity index (χ2n) is 3.81. The molecule has 0 atom stereocenters. The second kappa shape index (κ2) is 5.83. The van der Waals surface area contributed by atoms with Crippen molar-refractivity contribution in [1.82, 2.24) is 0 Å². The van der Waals surface area contributed by atoms with Crippen LogP contribution in [0.2, 0.25) is 0 Å². The summed E-state index contributed by atoms with van der Waals surface area (Å²) < 4.78 is 4.98. The average Bonchev–Trinajstić information content (AvgIpc) is 2.29. The highest BCUT2D eigenvalue weighted by Crippen LogP contribution is 2.02. The normalized spacial score (nSPS) is 9.69. The van der Waals surface area contributed by atoms with Crippen LogP contribution in [0.25, 0.3) is 5.53 Å². The van der Waals surface area contributed by atoms with Crippen LogP contribution >= 0.6 is 0 Å². The van der Waals surface area contributed by atoms with Gasteiger partial charge in [0.25, 0.3) is 0 Å². The minimum Gasteiger partial charge on any atom is -0.457 e. The van der Waals surface area contributed by atoms with Crippen molar-refractivity contribution in [1.29, 1.82) is 0 Å². The lowest BCUT2D eigenvalue weighted by Gasteiger charge is -2.04. The molecule has 4 heteroatoms. The minimum absolute atomic E-state index is 0.0683. The van der Waals surface area contributed by atoms with E-state index in [1.54, 1.807) is 24.3 Å². The van der Waals surface area contributed by atoms with E-state index in [4.69, 9.17) is 10.3 Å². The molecule has 0 saturated heterocycles. The lowest BCUT2D eigenvalue weighted by molar-refractivity contribution is -0.141. The van der Waals surface area contributed by atoms with E-state index in [2.05, 4.69) is 4.79 Å². The van der Waals surface area contributed by atoms with Crippen LogP contribution in [-0.2, 0) is 9.53 Å². The summed E-state index contributed by atoms with van der Waals surface area (Å²) >= 11 is 0. The third-order valence-corrected chi connectivity index (χ3v) is 1.89. The summed E-state index contributed by atoms with van der Waals surface area (Å²) in [5.74, 6) is -0.359. The van der Waals surface area contributed by atoms with E-state index < -0.39 is 5.97 Å². The molecular formula is C12H14N2O2. The SMILES string of the molecule is CC(C)COC(=O)C(=[N+]=[N-])c1ccccc1. The monoisotopic (exact) mass is 218 g/mol. The number of hydrogen-bond donors (Lipinski definition) is 0. The zero-order chi connectivity index (χ0) is 12.0. The lowest BCUT2D eigenvalue weighted by atomic mass is 10.1. The fourth-order valence-electron chi connectivity index (χ4n) is 1.12. The molecule has 0 spiro atoms. The fourth-order valence-corrected chi connectivity index (χ4v) is 1.12. The van der Waals surface area contributed by atoms with Gasteiger partial charge in [0.2, 0.25) is 0 Å². The maximum Gasteiger partial charge on any atom is 0.422 e. The minimum atomic E-state index is -0.609. The molecule has 1 aromatic carbocycles. The number of esters is 1. The van der Waals surface area contributed by atoms with Crippen LogP contribution in [0.4, 0.5) is 0 Å². The fraction of sp³-hybridized carbons (Fsp3) is 0.333. The van der Waals surface area contributed by atoms with Gasteiger partial charge in [-0.25, -0.2) is 4.79 Å². The van der Waals surface area contributed by atoms with Crippen LogP contribution in [0, 0.1) is 5.92 Å². The molecule has 0 amide bonds. The number of carbonyl (C=O) groups excluding carboxylic acids is 1. The maximum atomic E-state index is 11.6. The summed E-state index contributed by atoms with van der Waals surface area (Å²) in [6, 6.07) is 8.71. The molecule has 0 aliphatic heterocycles. The van der Waals surface area contributed by atoms with Gasteiger partial charge in [0.1, 0.15) is 0 Å². The van der Waals surface area contributed by atoms with Crippen molar-refractivity contribution in [3.63, 3.8) is 0 Å². The van der Waals surface area contributed by atoms with Crippen molar-refractivity contribution < 1.29 is 14.3 Å². The molecule has 0 unspecified atom stereocenters. The van der Waals surface area contributed by atoms with Crippen LogP contribution < -0.4 is 0 Å². The highest BCUT2D eigenvalue weighted by atomic mass is 16.5. The highest BCUT2D eigenvalue weighted by Gasteiger charge is 2.24. The van der Waals surface area contributed by atoms with Crippen molar-refractivity contribution in [3.8, 4) is 0 Å². The predicted molar refractivity (Wildman–Crippen MR) is 60.0 cm³/mol. The molecule has 0 N–H and O–H groups in total. The summed E-state index contributed by atoms with van der Waals surface area (Å²) in [4.78, 5) is 14.5. The van der Waals surface area contributed by atoms with Crippen LogP contribution in [-0.4, -0.2) is 23.1 Å². The van der Waals surface area contributed by atoms with E-state index in [0.29, 0.717) is 12.2 Å². The first kappa shape index (κ1) is 12.1. The Morgan fingerprint density at radius 2 is 2.00 bits per heavy atom. The van der Waals surface area contributed by atoms with Crippen molar-refractivity contribution in [2.24, 2.45) is 5.92 Å². The van der Waals surface area contributed by atoms with Gasteiger partial charge < -0.3 is 10.3 Å². The first-order valence-corrected chi connectivity index (χ1v) is 5.09. The zero-order valence-corrected chi connectivity index (χ0v) is 9.38. The molecule has 0 fully saturated rings. The van der Waals surface area contributed by atoms with E-state index in [0.717, 1.165) is 0 Å². The van der Waals surface area contributed by atoms with E-state index >= 15 is 0 Å². The largest absolute Gasteiger partial charge is 0.457 e. The number of benzene rings is 1. The molecule has 1 rings (SSSR count). The Hall–Kier alpha value is -1.93. The Bertz CT molecular complexity index is 406. The van der Waals surface area contributed by atoms with E-state index in [1.807, 2.05) is 19.9 Å². The van der Waals surface area contributed by atoms with E-state index in [9.17, 15) is 4.79 Å². The number of ether oxygens (including phenoxy) is 1. The molecule has 0 aliphatic carbocycles. The molecule has 0 radical (unpaired) electrons. The Morgan fingerprint density at radius 3 is 2.50 bits per heavy atom. The van der Waals surface area contributed by atoms with Gasteiger partial charge in [0.05, 0.1) is 12.2 Å². The van der Waals surface area contributed by atoms with Gasteiger partial charge >= 0.3 is 11.7 Å². The van der Waals surface area contributed by atoms with Crippen molar-refractivity contribution in [2.75, 3.05) is 6.61 Å². The summed E-state index contributed by atoms with van der Waals surface area (Å²) in [5.41, 5.74) is 9.27. The van der Waals surface area contributed by atoms with Crippen LogP contribution in [0.5, 0.6) is 0 Å². The van der Waals surface area contributed by atoms with Gasteiger partial charge in [-0.05, 0) is 18.1 Å². The summed E-state index contributed by atoms with van der Waals surface area (Å²) in [6.07, 6.45) is 0. The third kappa shape index (κ3) is 3.33. The molecular weight excluding hydrogens is 204 g/mol. The van der Waals surface area contributed by atoms with Gasteiger partial charge in [-0.3, -0.25) is 0 Å². The molecule has 0 saturated carbocycles. The first-order valence-electron chi connectivity index (χ1n) is 5.09. The number of hydrogen-bond acceptors (Lipinski definition) is 2. The van der Waals surface area contributed by atoms with E-state index in [1.165, 1.54) is 0 Å². The molecule has 0 aliphatic rings. The third-order valence-electron chi connectivity index (χ3n) is 1.89. The Balaban J connectivity index is 2.77.